The number of hydrogen-bond acceptors (Lipinski definition) is 2. The van der Waals surface area contributed by atoms with Crippen molar-refractivity contribution in [1.82, 2.24) is 9.55 Å². The Morgan fingerprint density at radius 1 is 1.18 bits per heavy atom. The van der Waals surface area contributed by atoms with Crippen molar-refractivity contribution in [2.24, 2.45) is 0 Å². The molecule has 2 aromatic rings. The molecule has 0 saturated heterocycles. The normalized spacial score (nSPS) is 10.8. The lowest BCUT2D eigenvalue weighted by molar-refractivity contribution is 0.596. The van der Waals surface area contributed by atoms with Gasteiger partial charge in [0.1, 0.15) is 0 Å². The maximum atomic E-state index is 5.94. The summed E-state index contributed by atoms with van der Waals surface area (Å²) in [6, 6.07) is 5.64. The van der Waals surface area contributed by atoms with E-state index in [9.17, 15) is 0 Å². The molecule has 0 spiro atoms. The number of nitrogens with zero attached hydrogens (tertiary/aromatic N) is 2. The van der Waals surface area contributed by atoms with Gasteiger partial charge in [0.05, 0.1) is 0 Å². The van der Waals surface area contributed by atoms with Gasteiger partial charge in [-0.15, -0.1) is 12.6 Å². The van der Waals surface area contributed by atoms with Gasteiger partial charge in [0, 0.05) is 29.0 Å². The van der Waals surface area contributed by atoms with Gasteiger partial charge in [0.2, 0.25) is 0 Å². The van der Waals surface area contributed by atoms with Crippen molar-refractivity contribution in [2.75, 3.05) is 0 Å². The Balaban J connectivity index is 1.92. The molecule has 1 aromatic heterocycles. The minimum atomic E-state index is 0.685. The van der Waals surface area contributed by atoms with Crippen LogP contribution in [0, 0.1) is 0 Å². The van der Waals surface area contributed by atoms with Gasteiger partial charge in [-0.25, -0.2) is 4.98 Å². The average Bonchev–Trinajstić information content (AvgIpc) is 2.63. The van der Waals surface area contributed by atoms with Gasteiger partial charge >= 0.3 is 0 Å². The fourth-order valence-electron chi connectivity index (χ4n) is 1.70. The topological polar surface area (TPSA) is 17.8 Å². The van der Waals surface area contributed by atoms with Crippen molar-refractivity contribution >= 4 is 35.8 Å². The lowest BCUT2D eigenvalue weighted by Crippen LogP contribution is -1.99. The largest absolute Gasteiger partial charge is 0.326 e. The van der Waals surface area contributed by atoms with Gasteiger partial charge in [-0.3, -0.25) is 0 Å². The third-order valence-corrected chi connectivity index (χ3v) is 3.29. The molecule has 0 aliphatic heterocycles. The Hall–Kier alpha value is -0.640. The SMILES string of the molecule is Sc1nccn1CCCc1cc(Cl)cc(Cl)c1. The van der Waals surface area contributed by atoms with E-state index in [1.807, 2.05) is 22.9 Å². The number of rotatable bonds is 4. The Morgan fingerprint density at radius 3 is 2.47 bits per heavy atom. The molecule has 0 fully saturated rings. The van der Waals surface area contributed by atoms with Gasteiger partial charge in [-0.05, 0) is 36.6 Å². The summed E-state index contributed by atoms with van der Waals surface area (Å²) in [5.74, 6) is 0. The molecule has 0 amide bonds. The quantitative estimate of drug-likeness (QED) is 0.838. The molecule has 0 bridgehead atoms. The van der Waals surface area contributed by atoms with Gasteiger partial charge in [0.15, 0.2) is 5.16 Å². The predicted octanol–water partition coefficient (Wildman–Crippen LogP) is 4.11. The van der Waals surface area contributed by atoms with Crippen LogP contribution in [0.4, 0.5) is 0 Å². The highest BCUT2D eigenvalue weighted by Crippen LogP contribution is 2.20. The fraction of sp³-hybridized carbons (Fsp3) is 0.250. The molecular formula is C12H12Cl2N2S. The van der Waals surface area contributed by atoms with E-state index in [4.69, 9.17) is 23.2 Å². The summed E-state index contributed by atoms with van der Waals surface area (Å²) in [7, 11) is 0. The van der Waals surface area contributed by atoms with Crippen LogP contribution < -0.4 is 0 Å². The first-order chi connectivity index (χ1) is 8.15. The van der Waals surface area contributed by atoms with Crippen LogP contribution in [0.2, 0.25) is 10.0 Å². The van der Waals surface area contributed by atoms with Crippen LogP contribution in [0.25, 0.3) is 0 Å². The predicted molar refractivity (Wildman–Crippen MR) is 74.3 cm³/mol. The van der Waals surface area contributed by atoms with Gasteiger partial charge in [-0.1, -0.05) is 23.2 Å². The van der Waals surface area contributed by atoms with Crippen LogP contribution in [0.15, 0.2) is 35.7 Å². The van der Waals surface area contributed by atoms with Crippen molar-refractivity contribution in [2.45, 2.75) is 24.5 Å². The second-order valence-electron chi connectivity index (χ2n) is 3.80. The molecule has 0 atom stereocenters. The summed E-state index contributed by atoms with van der Waals surface area (Å²) in [5, 5.41) is 2.11. The zero-order valence-electron chi connectivity index (χ0n) is 9.11. The standard InChI is InChI=1S/C12H12Cl2N2S/c13-10-6-9(7-11(14)8-10)2-1-4-16-5-3-15-12(16)17/h3,5-8H,1-2,4H2,(H,15,17). The number of hydrogen-bond donors (Lipinski definition) is 1. The summed E-state index contributed by atoms with van der Waals surface area (Å²) in [4.78, 5) is 4.06. The van der Waals surface area contributed by atoms with E-state index in [0.717, 1.165) is 30.1 Å². The molecule has 2 rings (SSSR count). The van der Waals surface area contributed by atoms with Crippen molar-refractivity contribution in [3.63, 3.8) is 0 Å². The van der Waals surface area contributed by atoms with Crippen molar-refractivity contribution in [3.8, 4) is 0 Å². The van der Waals surface area contributed by atoms with E-state index in [1.54, 1.807) is 12.3 Å². The second-order valence-corrected chi connectivity index (χ2v) is 5.07. The first kappa shape index (κ1) is 12.8. The van der Waals surface area contributed by atoms with Crippen LogP contribution in [0.5, 0.6) is 0 Å². The number of halogens is 2. The summed E-state index contributed by atoms with van der Waals surface area (Å²) >= 11 is 16.1. The second kappa shape index (κ2) is 5.80. The van der Waals surface area contributed by atoms with Crippen molar-refractivity contribution in [3.05, 3.63) is 46.2 Å². The summed E-state index contributed by atoms with van der Waals surface area (Å²) in [5.41, 5.74) is 1.16. The van der Waals surface area contributed by atoms with Gasteiger partial charge in [-0.2, -0.15) is 0 Å². The molecule has 1 heterocycles. The van der Waals surface area contributed by atoms with E-state index in [0.29, 0.717) is 10.0 Å². The average molecular weight is 287 g/mol. The van der Waals surface area contributed by atoms with Crippen LogP contribution in [0.1, 0.15) is 12.0 Å². The molecule has 0 aliphatic carbocycles. The van der Waals surface area contributed by atoms with Gasteiger partial charge < -0.3 is 4.57 Å². The Morgan fingerprint density at radius 2 is 1.88 bits per heavy atom. The monoisotopic (exact) mass is 286 g/mol. The highest BCUT2D eigenvalue weighted by atomic mass is 35.5. The molecule has 17 heavy (non-hydrogen) atoms. The highest BCUT2D eigenvalue weighted by molar-refractivity contribution is 7.80. The van der Waals surface area contributed by atoms with Crippen LogP contribution in [-0.4, -0.2) is 9.55 Å². The van der Waals surface area contributed by atoms with E-state index < -0.39 is 0 Å². The highest BCUT2D eigenvalue weighted by Gasteiger charge is 2.00. The summed E-state index contributed by atoms with van der Waals surface area (Å²) in [6.45, 7) is 0.892. The molecule has 0 radical (unpaired) electrons. The zero-order chi connectivity index (χ0) is 12.3. The molecule has 0 unspecified atom stereocenters. The molecule has 0 aliphatic rings. The summed E-state index contributed by atoms with van der Waals surface area (Å²) in [6.07, 6.45) is 5.61. The maximum absolute atomic E-state index is 5.94. The fourth-order valence-corrected chi connectivity index (χ4v) is 2.51. The molecule has 2 nitrogen and oxygen atoms in total. The lowest BCUT2D eigenvalue weighted by atomic mass is 10.1. The minimum absolute atomic E-state index is 0.685. The van der Waals surface area contributed by atoms with Crippen molar-refractivity contribution in [1.29, 1.82) is 0 Å². The Kier molecular flexibility index (Phi) is 4.37. The Bertz CT molecular complexity index is 491. The number of imidazole rings is 1. The molecule has 0 saturated carbocycles. The van der Waals surface area contributed by atoms with E-state index in [1.165, 1.54) is 0 Å². The lowest BCUT2D eigenvalue weighted by Gasteiger charge is -2.05. The molecular weight excluding hydrogens is 275 g/mol. The van der Waals surface area contributed by atoms with E-state index >= 15 is 0 Å². The molecule has 1 aromatic carbocycles. The van der Waals surface area contributed by atoms with Crippen LogP contribution in [0.3, 0.4) is 0 Å². The first-order valence-electron chi connectivity index (χ1n) is 5.30. The Labute approximate surface area is 116 Å². The third kappa shape index (κ3) is 3.66. The minimum Gasteiger partial charge on any atom is -0.326 e. The number of thiol groups is 1. The van der Waals surface area contributed by atoms with Gasteiger partial charge in [0.25, 0.3) is 0 Å². The first-order valence-corrected chi connectivity index (χ1v) is 6.50. The number of aromatic nitrogens is 2. The number of benzene rings is 1. The summed E-state index contributed by atoms with van der Waals surface area (Å²) < 4.78 is 2.01. The zero-order valence-corrected chi connectivity index (χ0v) is 11.5. The molecule has 90 valence electrons. The maximum Gasteiger partial charge on any atom is 0.164 e. The smallest absolute Gasteiger partial charge is 0.164 e. The van der Waals surface area contributed by atoms with Crippen LogP contribution >= 0.6 is 35.8 Å². The van der Waals surface area contributed by atoms with E-state index in [-0.39, 0.29) is 0 Å². The third-order valence-electron chi connectivity index (χ3n) is 2.48. The van der Waals surface area contributed by atoms with Crippen molar-refractivity contribution < 1.29 is 0 Å². The number of aryl methyl sites for hydroxylation is 2. The van der Waals surface area contributed by atoms with Crippen LogP contribution in [-0.2, 0) is 13.0 Å². The molecule has 0 N–H and O–H groups in total. The van der Waals surface area contributed by atoms with E-state index in [2.05, 4.69) is 17.6 Å². The molecule has 5 heteroatoms.